The Labute approximate surface area is 272 Å². The van der Waals surface area contributed by atoms with Gasteiger partial charge in [0, 0.05) is 0 Å². The summed E-state index contributed by atoms with van der Waals surface area (Å²) in [7, 11) is -1.38. The van der Waals surface area contributed by atoms with E-state index in [2.05, 4.69) is 118 Å². The molecule has 2 aromatic rings. The van der Waals surface area contributed by atoms with Gasteiger partial charge in [-0.1, -0.05) is 0 Å². The fourth-order valence-electron chi connectivity index (χ4n) is 7.50. The van der Waals surface area contributed by atoms with E-state index in [1.54, 1.807) is 33.0 Å². The molecular weight excluding hydrogens is 635 g/mol. The predicted octanol–water partition coefficient (Wildman–Crippen LogP) is 4.84. The average molecular weight is 687 g/mol. The number of rotatable bonds is 3. The summed E-state index contributed by atoms with van der Waals surface area (Å²) in [6.07, 6.45) is 9.74. The molecule has 1 unspecified atom stereocenters. The van der Waals surface area contributed by atoms with Crippen LogP contribution in [0.4, 0.5) is 0 Å². The summed E-state index contributed by atoms with van der Waals surface area (Å²) in [6, 6.07) is 15.3. The number of fused-ring (bicyclic) bond motifs is 3. The topological polar surface area (TPSA) is 0 Å². The van der Waals surface area contributed by atoms with E-state index in [4.69, 9.17) is 0 Å². The minimum Gasteiger partial charge on any atom is -1.00 e. The molecule has 0 radical (unpaired) electrons. The van der Waals surface area contributed by atoms with Crippen LogP contribution in [-0.2, 0) is 32.1 Å². The van der Waals surface area contributed by atoms with E-state index in [1.165, 1.54) is 43.2 Å². The van der Waals surface area contributed by atoms with Gasteiger partial charge >= 0.3 is 250 Å². The summed E-state index contributed by atoms with van der Waals surface area (Å²) in [6.45, 7) is 26.9. The summed E-state index contributed by atoms with van der Waals surface area (Å²) < 4.78 is 4.59. The van der Waals surface area contributed by atoms with Crippen LogP contribution in [0.1, 0.15) is 113 Å². The van der Waals surface area contributed by atoms with Crippen molar-refractivity contribution in [3.05, 3.63) is 78.8 Å². The van der Waals surface area contributed by atoms with Gasteiger partial charge in [-0.15, -0.1) is 0 Å². The molecule has 5 rings (SSSR count). The molecule has 0 heterocycles. The number of allylic oxidation sites excluding steroid dienone is 4. The monoisotopic (exact) mass is 684 g/mol. The van der Waals surface area contributed by atoms with Crippen LogP contribution in [0, 0.1) is 5.92 Å². The normalized spacial score (nSPS) is 19.1. The van der Waals surface area contributed by atoms with E-state index >= 15 is 0 Å². The first-order valence-electron chi connectivity index (χ1n) is 15.5. The van der Waals surface area contributed by atoms with Crippen LogP contribution < -0.4 is 24.8 Å². The molecule has 0 saturated heterocycles. The molecule has 41 heavy (non-hydrogen) atoms. The molecule has 0 nitrogen and oxygen atoms in total. The van der Waals surface area contributed by atoms with Crippen LogP contribution in [0.5, 0.6) is 0 Å². The van der Waals surface area contributed by atoms with E-state index < -0.39 is 29.3 Å². The van der Waals surface area contributed by atoms with E-state index in [0.29, 0.717) is 9.54 Å². The van der Waals surface area contributed by atoms with Crippen LogP contribution in [0.3, 0.4) is 0 Å². The molecule has 0 aromatic heterocycles. The van der Waals surface area contributed by atoms with Gasteiger partial charge in [0.05, 0.1) is 0 Å². The molecule has 0 N–H and O–H groups in total. The third kappa shape index (κ3) is 6.62. The summed E-state index contributed by atoms with van der Waals surface area (Å²) in [4.78, 5) is 0. The summed E-state index contributed by atoms with van der Waals surface area (Å²) in [5.41, 5.74) is 11.4. The summed E-state index contributed by atoms with van der Waals surface area (Å²) in [5, 5.41) is 1.75. The van der Waals surface area contributed by atoms with Crippen molar-refractivity contribution in [2.24, 2.45) is 5.92 Å². The van der Waals surface area contributed by atoms with Crippen molar-refractivity contribution >= 4 is 11.3 Å². The van der Waals surface area contributed by atoms with Crippen molar-refractivity contribution in [3.63, 3.8) is 0 Å². The van der Waals surface area contributed by atoms with Gasteiger partial charge in [-0.25, -0.2) is 0 Å². The van der Waals surface area contributed by atoms with Crippen molar-refractivity contribution in [3.8, 4) is 11.1 Å². The molecule has 3 aliphatic carbocycles. The van der Waals surface area contributed by atoms with Gasteiger partial charge in [-0.3, -0.25) is 0 Å². The number of halogens is 2. The minimum atomic E-state index is -2.29. The Hall–Kier alpha value is -0.530. The Balaban J connectivity index is 0.00000231. The Morgan fingerprint density at radius 3 is 1.59 bits per heavy atom. The van der Waals surface area contributed by atoms with Crippen molar-refractivity contribution in [1.82, 2.24) is 0 Å². The molecular formula is C37H52Cl2SiZr. The molecule has 222 valence electrons. The zero-order chi connectivity index (χ0) is 28.5. The molecule has 0 spiro atoms. The fourth-order valence-corrected chi connectivity index (χ4v) is 20.2. The smallest absolute Gasteiger partial charge is 1.00 e. The number of hydrogen-bond acceptors (Lipinski definition) is 0. The quantitative estimate of drug-likeness (QED) is 0.406. The Bertz CT molecular complexity index is 1330. The van der Waals surface area contributed by atoms with Gasteiger partial charge in [0.2, 0.25) is 0 Å². The van der Waals surface area contributed by atoms with Crippen molar-refractivity contribution in [1.29, 1.82) is 0 Å². The van der Waals surface area contributed by atoms with E-state index in [1.807, 2.05) is 6.49 Å². The van der Waals surface area contributed by atoms with Crippen molar-refractivity contribution in [2.75, 3.05) is 0 Å². The second kappa shape index (κ2) is 12.5. The molecule has 0 amide bonds. The first-order valence-corrected chi connectivity index (χ1v) is 22.9. The van der Waals surface area contributed by atoms with Gasteiger partial charge in [0.1, 0.15) is 0 Å². The van der Waals surface area contributed by atoms with E-state index in [0.717, 1.165) is 0 Å². The fraction of sp³-hybridized carbons (Fsp3) is 0.541. The maximum absolute atomic E-state index is 2.71. The van der Waals surface area contributed by atoms with Crippen molar-refractivity contribution < 1.29 is 46.1 Å². The average Bonchev–Trinajstić information content (AvgIpc) is 3.33. The van der Waals surface area contributed by atoms with Crippen LogP contribution in [-0.4, -0.2) is 11.3 Å². The second-order valence-corrected chi connectivity index (χ2v) is 27.3. The Morgan fingerprint density at radius 2 is 1.20 bits per heavy atom. The molecule has 2 aromatic carbocycles. The zero-order valence-corrected chi connectivity index (χ0v) is 32.5. The Morgan fingerprint density at radius 1 is 0.732 bits per heavy atom. The molecule has 0 bridgehead atoms. The van der Waals surface area contributed by atoms with E-state index in [9.17, 15) is 0 Å². The standard InChI is InChI=1S/C21H25.C10H17Si.C6H10.2ClH.Zr/c1-20(2,3)16-9-7-14-11-15-8-10-17(21(4,5)6)13-19(15)18(14)12-16;1-8-6-9(2)10(7-8)11(3,4)5;1-2-4-6-5-3-1;;;/h7-13H,1-6H3;7-8H,1-5H3;1-5H2;2*1H;/q;;;;;+2/p-2. The third-order valence-electron chi connectivity index (χ3n) is 9.66. The molecule has 3 aliphatic rings. The van der Waals surface area contributed by atoms with Crippen LogP contribution in [0.15, 0.2) is 56.5 Å². The molecule has 1 atom stereocenters. The zero-order valence-electron chi connectivity index (χ0n) is 27.5. The maximum atomic E-state index is 2.71. The molecule has 1 saturated carbocycles. The van der Waals surface area contributed by atoms with Crippen LogP contribution in [0.25, 0.3) is 11.1 Å². The van der Waals surface area contributed by atoms with Crippen LogP contribution >= 0.6 is 0 Å². The summed E-state index contributed by atoms with van der Waals surface area (Å²) in [5.74, 6) is 0.616. The SMILES string of the molecule is CC1=[C]([Zr+2](=[C]2CCCCC2)[CH]2c3ccc(C(C)(C)C)cc3-c3cc(C(C)(C)C)ccc32)C(C)C=C1[Si](C)(C)C.[Cl-].[Cl-]. The first kappa shape index (κ1) is 35.0. The number of hydrogen-bond donors (Lipinski definition) is 0. The maximum Gasteiger partial charge on any atom is -1.00 e. The molecule has 4 heteroatoms. The van der Waals surface area contributed by atoms with Crippen molar-refractivity contribution in [2.45, 2.75) is 122 Å². The second-order valence-electron chi connectivity index (χ2n) is 15.8. The third-order valence-corrected chi connectivity index (χ3v) is 21.3. The van der Waals surface area contributed by atoms with Gasteiger partial charge < -0.3 is 24.8 Å². The van der Waals surface area contributed by atoms with Gasteiger partial charge in [-0.2, -0.15) is 0 Å². The van der Waals surface area contributed by atoms with Gasteiger partial charge in [0.15, 0.2) is 0 Å². The Kier molecular flexibility index (Phi) is 10.6. The van der Waals surface area contributed by atoms with Gasteiger partial charge in [0.25, 0.3) is 0 Å². The van der Waals surface area contributed by atoms with Gasteiger partial charge in [-0.05, 0) is 0 Å². The first-order chi connectivity index (χ1) is 18.1. The van der Waals surface area contributed by atoms with E-state index in [-0.39, 0.29) is 35.6 Å². The minimum absolute atomic E-state index is 0. The predicted molar refractivity (Wildman–Crippen MR) is 173 cm³/mol. The number of benzene rings is 2. The van der Waals surface area contributed by atoms with Crippen LogP contribution in [0.2, 0.25) is 19.6 Å². The molecule has 0 aliphatic heterocycles. The summed E-state index contributed by atoms with van der Waals surface area (Å²) >= 11 is -2.29. The molecule has 1 fully saturated rings. The largest absolute Gasteiger partial charge is 1.00 e.